The second-order valence-electron chi connectivity index (χ2n) is 18.7. The summed E-state index contributed by atoms with van der Waals surface area (Å²) in [5.74, 6) is -3.12. The zero-order valence-electron chi connectivity index (χ0n) is 40.3. The maximum atomic E-state index is 16.7. The number of fused-ring (bicyclic) bond motifs is 2. The largest absolute Gasteiger partial charge is 0.453 e. The monoisotopic (exact) mass is 976 g/mol. The molecule has 0 spiro atoms. The molecule has 8 rings (SSSR count). The van der Waals surface area contributed by atoms with Gasteiger partial charge in [-0.3, -0.25) is 9.59 Å². The van der Waals surface area contributed by atoms with Gasteiger partial charge in [-0.05, 0) is 88.3 Å². The third kappa shape index (κ3) is 10.2. The number of alkyl carbamates (subject to hydrolysis) is 2. The van der Waals surface area contributed by atoms with Crippen LogP contribution in [0.3, 0.4) is 0 Å². The highest BCUT2D eigenvalue weighted by Crippen LogP contribution is 2.50. The van der Waals surface area contributed by atoms with Crippen LogP contribution >= 0.6 is 0 Å². The minimum atomic E-state index is -0.879. The lowest BCUT2D eigenvalue weighted by atomic mass is 10.0. The van der Waals surface area contributed by atoms with Crippen LogP contribution in [0.4, 0.5) is 38.5 Å². The van der Waals surface area contributed by atoms with Crippen LogP contribution in [-0.4, -0.2) is 119 Å². The molecule has 3 saturated heterocycles. The third-order valence-corrected chi connectivity index (χ3v) is 13.4. The molecular formula is C49H60F4N10O7. The van der Waals surface area contributed by atoms with Crippen molar-refractivity contribution in [1.29, 1.82) is 0 Å². The van der Waals surface area contributed by atoms with Crippen molar-refractivity contribution in [2.75, 3.05) is 56.7 Å². The first-order chi connectivity index (χ1) is 33.5. The SMILES string of the molecule is CCCN(Cc1nc2cc(C3CCC(c4cc5nc([C@@H]6CCCN6C(=O)CNC(=O)OC)[nH]c5cc4F)N3c3cc(F)c(N4C[C@@H](C)O[C@@H](C)C4)c(F)c3)c(F)cc2[nH]1)C(=O)C(NC(=O)OC)C(C)C. The van der Waals surface area contributed by atoms with Crippen LogP contribution in [0.25, 0.3) is 22.1 Å². The predicted molar refractivity (Wildman–Crippen MR) is 252 cm³/mol. The van der Waals surface area contributed by atoms with Crippen LogP contribution in [0, 0.1) is 29.2 Å². The number of hydrogen-bond donors (Lipinski definition) is 4. The predicted octanol–water partition coefficient (Wildman–Crippen LogP) is 7.83. The number of ether oxygens (including phenoxy) is 3. The number of nitrogens with one attached hydrogen (secondary N) is 4. The van der Waals surface area contributed by atoms with Gasteiger partial charge in [0.1, 0.15) is 41.6 Å². The summed E-state index contributed by atoms with van der Waals surface area (Å²) in [5.41, 5.74) is 1.64. The molecule has 4 amide bonds. The van der Waals surface area contributed by atoms with Gasteiger partial charge in [-0.25, -0.2) is 37.1 Å². The van der Waals surface area contributed by atoms with Crippen molar-refractivity contribution in [1.82, 2.24) is 40.4 Å². The van der Waals surface area contributed by atoms with E-state index in [9.17, 15) is 19.2 Å². The normalized spacial score (nSPS) is 20.9. The number of imidazole rings is 2. The second-order valence-corrected chi connectivity index (χ2v) is 18.7. The van der Waals surface area contributed by atoms with Crippen LogP contribution in [-0.2, 0) is 30.3 Å². The molecule has 6 atom stereocenters. The number of carbonyl (C=O) groups excluding carboxylic acids is 4. The van der Waals surface area contributed by atoms with Crippen molar-refractivity contribution >= 4 is 57.4 Å². The fraction of sp³-hybridized carbons (Fsp3) is 0.510. The Kier molecular flexibility index (Phi) is 14.8. The van der Waals surface area contributed by atoms with Crippen molar-refractivity contribution in [2.24, 2.45) is 5.92 Å². The van der Waals surface area contributed by atoms with Gasteiger partial charge in [0, 0.05) is 43.0 Å². The zero-order valence-corrected chi connectivity index (χ0v) is 40.3. The Morgan fingerprint density at radius 3 is 2.00 bits per heavy atom. The molecule has 0 radical (unpaired) electrons. The molecule has 3 aliphatic rings. The van der Waals surface area contributed by atoms with E-state index in [2.05, 4.69) is 25.3 Å². The Bertz CT molecular complexity index is 2740. The van der Waals surface area contributed by atoms with E-state index < -0.39 is 59.6 Å². The summed E-state index contributed by atoms with van der Waals surface area (Å²) < 4.78 is 81.7. The molecule has 376 valence electrons. The number of rotatable bonds is 14. The van der Waals surface area contributed by atoms with Crippen LogP contribution in [0.1, 0.15) is 108 Å². The van der Waals surface area contributed by atoms with Crippen LogP contribution < -0.4 is 20.4 Å². The van der Waals surface area contributed by atoms with Crippen molar-refractivity contribution in [3.8, 4) is 0 Å². The highest BCUT2D eigenvalue weighted by Gasteiger charge is 2.41. The molecule has 5 aromatic rings. The van der Waals surface area contributed by atoms with Crippen molar-refractivity contribution < 1.29 is 51.0 Å². The summed E-state index contributed by atoms with van der Waals surface area (Å²) in [6, 6.07) is 5.08. The Hall–Kier alpha value is -6.64. The molecule has 4 N–H and O–H groups in total. The first-order valence-corrected chi connectivity index (χ1v) is 23.8. The number of aromatic nitrogens is 4. The van der Waals surface area contributed by atoms with E-state index in [0.717, 1.165) is 0 Å². The molecule has 0 aliphatic carbocycles. The quantitative estimate of drug-likeness (QED) is 0.0794. The zero-order chi connectivity index (χ0) is 50.1. The van der Waals surface area contributed by atoms with Gasteiger partial charge in [0.15, 0.2) is 11.6 Å². The number of halogens is 4. The molecule has 0 bridgehead atoms. The van der Waals surface area contributed by atoms with E-state index >= 15 is 17.6 Å². The Balaban J connectivity index is 1.15. The Morgan fingerprint density at radius 2 is 1.41 bits per heavy atom. The second kappa shape index (κ2) is 20.8. The molecule has 5 heterocycles. The molecule has 3 aromatic carbocycles. The molecule has 70 heavy (non-hydrogen) atoms. The molecular weight excluding hydrogens is 917 g/mol. The summed E-state index contributed by atoms with van der Waals surface area (Å²) in [6.45, 7) is 10.2. The van der Waals surface area contributed by atoms with Crippen LogP contribution in [0.5, 0.6) is 0 Å². The third-order valence-electron chi connectivity index (χ3n) is 13.4. The van der Waals surface area contributed by atoms with Crippen molar-refractivity contribution in [2.45, 2.75) is 110 Å². The van der Waals surface area contributed by atoms with Crippen molar-refractivity contribution in [3.05, 3.63) is 82.4 Å². The first-order valence-electron chi connectivity index (χ1n) is 23.8. The number of likely N-dealkylation sites (tertiary alicyclic amines) is 1. The van der Waals surface area contributed by atoms with E-state index in [4.69, 9.17) is 19.4 Å². The van der Waals surface area contributed by atoms with Gasteiger partial charge in [0.2, 0.25) is 11.8 Å². The molecule has 0 saturated carbocycles. The average molecular weight is 977 g/mol. The highest BCUT2D eigenvalue weighted by atomic mass is 19.1. The van der Waals surface area contributed by atoms with Crippen LogP contribution in [0.2, 0.25) is 0 Å². The minimum absolute atomic E-state index is 0.0198. The van der Waals surface area contributed by atoms with E-state index in [-0.39, 0.29) is 91.5 Å². The van der Waals surface area contributed by atoms with Gasteiger partial charge in [-0.1, -0.05) is 20.8 Å². The number of amides is 4. The van der Waals surface area contributed by atoms with Crippen LogP contribution in [0.15, 0.2) is 36.4 Å². The fourth-order valence-electron chi connectivity index (χ4n) is 10.3. The van der Waals surface area contributed by atoms with E-state index in [0.29, 0.717) is 66.1 Å². The van der Waals surface area contributed by atoms with E-state index in [1.165, 1.54) is 38.5 Å². The molecule has 17 nitrogen and oxygen atoms in total. The number of nitrogens with zero attached hydrogens (tertiary/aromatic N) is 6. The maximum Gasteiger partial charge on any atom is 0.407 e. The summed E-state index contributed by atoms with van der Waals surface area (Å²) in [5, 5.41) is 5.03. The lowest BCUT2D eigenvalue weighted by molar-refractivity contribution is -0.135. The number of methoxy groups -OCH3 is 2. The molecule has 21 heteroatoms. The van der Waals surface area contributed by atoms with E-state index in [1.54, 1.807) is 45.6 Å². The average Bonchev–Trinajstić information content (AvgIpc) is 4.14. The highest BCUT2D eigenvalue weighted by molar-refractivity contribution is 5.86. The summed E-state index contributed by atoms with van der Waals surface area (Å²) >= 11 is 0. The summed E-state index contributed by atoms with van der Waals surface area (Å²) in [7, 11) is 2.42. The number of aromatic amines is 2. The standard InChI is InChI=1S/C49H60F4N10O7/c1-8-13-60(47(65)44(25(2)3)59-49(67)69-7)24-42-55-35-17-29(31(50)19-37(35)56-42)39-11-12-40(63(39)28-15-33(52)45(34(53)16-28)61-22-26(4)70-27(5)23-61)30-18-36-38(20-32(30)51)58-46(57-36)41-10-9-14-62(41)43(64)21-54-48(66)68-6/h15-20,25-27,39-41,44H,8-14,21-24H2,1-7H3,(H,54,66)(H,55,56)(H,57,58)(H,59,67)/t26-,27+,39?,40?,41-,44?/m0/s1. The van der Waals surface area contributed by atoms with Gasteiger partial charge >= 0.3 is 12.2 Å². The smallest absolute Gasteiger partial charge is 0.407 e. The van der Waals surface area contributed by atoms with Gasteiger partial charge in [-0.15, -0.1) is 0 Å². The lowest BCUT2D eigenvalue weighted by Gasteiger charge is -2.38. The number of anilines is 2. The summed E-state index contributed by atoms with van der Waals surface area (Å²) in [4.78, 5) is 73.1. The number of morpholine rings is 1. The summed E-state index contributed by atoms with van der Waals surface area (Å²) in [6.07, 6.45) is 0.292. The lowest BCUT2D eigenvalue weighted by Crippen LogP contribution is -2.51. The minimum Gasteiger partial charge on any atom is -0.453 e. The number of H-pyrrole nitrogens is 2. The topological polar surface area (TPSA) is 190 Å². The Labute approximate surface area is 402 Å². The number of hydrogen-bond acceptors (Lipinski definition) is 11. The van der Waals surface area contributed by atoms with Gasteiger partial charge in [0.05, 0.1) is 73.2 Å². The van der Waals surface area contributed by atoms with E-state index in [1.807, 2.05) is 20.8 Å². The first kappa shape index (κ1) is 49.8. The maximum absolute atomic E-state index is 16.7. The molecule has 3 unspecified atom stereocenters. The Morgan fingerprint density at radius 1 is 0.814 bits per heavy atom. The number of benzene rings is 3. The molecule has 3 aliphatic heterocycles. The molecule has 2 aromatic heterocycles. The molecule has 3 fully saturated rings. The van der Waals surface area contributed by atoms with Gasteiger partial charge in [-0.2, -0.15) is 0 Å². The van der Waals surface area contributed by atoms with Crippen molar-refractivity contribution in [3.63, 3.8) is 0 Å². The number of carbonyl (C=O) groups is 4. The fourth-order valence-corrected chi connectivity index (χ4v) is 10.3. The van der Waals surface area contributed by atoms with Gasteiger partial charge < -0.3 is 54.4 Å². The van der Waals surface area contributed by atoms with Gasteiger partial charge in [0.25, 0.3) is 0 Å².